The van der Waals surface area contributed by atoms with Crippen molar-refractivity contribution in [2.24, 2.45) is 0 Å². The van der Waals surface area contributed by atoms with E-state index in [1.54, 1.807) is 6.07 Å². The molecular weight excluding hydrogens is 406 g/mol. The quantitative estimate of drug-likeness (QED) is 0.142. The summed E-state index contributed by atoms with van der Waals surface area (Å²) in [5.74, 6) is 0. The van der Waals surface area contributed by atoms with Crippen LogP contribution in [0.3, 0.4) is 0 Å². The number of unbranched alkanes of at least 4 members (excludes halogenated alkanes) is 13. The standard InChI is InChI=1S/C20H44N.C6H6O3S/c1-5-7-8-9-10-11-12-13-14-15-16-17-18-19-20-21(3,4)6-2;7-10(8,9)6-4-2-1-3-5-6/h5-20H2,1-4H3;1-5H,(H,7,8,9)/q+1;/p-1. The number of quaternary nitrogens is 1. The highest BCUT2D eigenvalue weighted by atomic mass is 32.2. The molecule has 0 unspecified atom stereocenters. The number of rotatable bonds is 17. The van der Waals surface area contributed by atoms with Gasteiger partial charge in [0.15, 0.2) is 0 Å². The van der Waals surface area contributed by atoms with E-state index in [-0.39, 0.29) is 4.90 Å². The molecule has 1 rings (SSSR count). The number of benzene rings is 1. The van der Waals surface area contributed by atoms with Gasteiger partial charge in [0.05, 0.1) is 32.1 Å². The lowest BCUT2D eigenvalue weighted by Crippen LogP contribution is -2.39. The molecular formula is C26H49NO3S. The summed E-state index contributed by atoms with van der Waals surface area (Å²) in [6.45, 7) is 7.21. The van der Waals surface area contributed by atoms with Gasteiger partial charge in [0.1, 0.15) is 10.1 Å². The predicted molar refractivity (Wildman–Crippen MR) is 132 cm³/mol. The summed E-state index contributed by atoms with van der Waals surface area (Å²) in [7, 11) is 0.446. The second-order valence-corrected chi connectivity index (χ2v) is 10.7. The van der Waals surface area contributed by atoms with Gasteiger partial charge in [-0.1, -0.05) is 102 Å². The van der Waals surface area contributed by atoms with Gasteiger partial charge in [0, 0.05) is 0 Å². The van der Waals surface area contributed by atoms with Crippen LogP contribution in [0.25, 0.3) is 0 Å². The maximum atomic E-state index is 10.3. The summed E-state index contributed by atoms with van der Waals surface area (Å²) < 4.78 is 32.0. The smallest absolute Gasteiger partial charge is 0.124 e. The second kappa shape index (κ2) is 18.6. The van der Waals surface area contributed by atoms with E-state index in [2.05, 4.69) is 27.9 Å². The molecule has 0 spiro atoms. The Balaban J connectivity index is 0.000000743. The average Bonchev–Trinajstić information content (AvgIpc) is 2.74. The summed E-state index contributed by atoms with van der Waals surface area (Å²) in [5.41, 5.74) is 0. The van der Waals surface area contributed by atoms with Gasteiger partial charge in [-0.15, -0.1) is 0 Å². The highest BCUT2D eigenvalue weighted by Crippen LogP contribution is 2.13. The number of nitrogens with zero attached hydrogens (tertiary/aromatic N) is 1. The minimum absolute atomic E-state index is 0.185. The van der Waals surface area contributed by atoms with Crippen LogP contribution in [-0.2, 0) is 10.1 Å². The van der Waals surface area contributed by atoms with Gasteiger partial charge in [-0.2, -0.15) is 0 Å². The topological polar surface area (TPSA) is 57.2 Å². The molecule has 31 heavy (non-hydrogen) atoms. The van der Waals surface area contributed by atoms with Crippen LogP contribution in [0.4, 0.5) is 0 Å². The monoisotopic (exact) mass is 455 g/mol. The molecule has 0 aliphatic rings. The van der Waals surface area contributed by atoms with E-state index in [0.29, 0.717) is 0 Å². The van der Waals surface area contributed by atoms with Crippen LogP contribution in [0.2, 0.25) is 0 Å². The van der Waals surface area contributed by atoms with Crippen molar-refractivity contribution in [1.82, 2.24) is 0 Å². The molecule has 0 radical (unpaired) electrons. The van der Waals surface area contributed by atoms with Crippen molar-refractivity contribution in [3.05, 3.63) is 30.3 Å². The predicted octanol–water partition coefficient (Wildman–Crippen LogP) is 7.15. The largest absolute Gasteiger partial charge is 0.744 e. The van der Waals surface area contributed by atoms with Gasteiger partial charge >= 0.3 is 0 Å². The van der Waals surface area contributed by atoms with Crippen molar-refractivity contribution in [2.75, 3.05) is 27.2 Å². The summed E-state index contributed by atoms with van der Waals surface area (Å²) in [4.78, 5) is -0.185. The van der Waals surface area contributed by atoms with E-state index in [1.165, 1.54) is 132 Å². The SMILES string of the molecule is CCCCCCCCCCCCCCCC[N+](C)(C)CC.O=S(=O)([O-])c1ccccc1. The lowest BCUT2D eigenvalue weighted by Gasteiger charge is -2.28. The zero-order valence-corrected chi connectivity index (χ0v) is 21.6. The fourth-order valence-corrected chi connectivity index (χ4v) is 3.97. The first kappa shape index (κ1) is 30.1. The number of hydrogen-bond acceptors (Lipinski definition) is 3. The zero-order valence-electron chi connectivity index (χ0n) is 20.8. The van der Waals surface area contributed by atoms with E-state index in [4.69, 9.17) is 0 Å². The van der Waals surface area contributed by atoms with E-state index in [9.17, 15) is 13.0 Å². The summed E-state index contributed by atoms with van der Waals surface area (Å²) in [5, 5.41) is 0. The van der Waals surface area contributed by atoms with E-state index in [0.717, 1.165) is 0 Å². The van der Waals surface area contributed by atoms with Crippen LogP contribution < -0.4 is 0 Å². The summed E-state index contributed by atoms with van der Waals surface area (Å²) in [6, 6.07) is 7.19. The van der Waals surface area contributed by atoms with Gasteiger partial charge < -0.3 is 9.04 Å². The van der Waals surface area contributed by atoms with Crippen molar-refractivity contribution in [1.29, 1.82) is 0 Å². The van der Waals surface area contributed by atoms with E-state index < -0.39 is 10.1 Å². The Kier molecular flexibility index (Phi) is 18.1. The Bertz CT molecular complexity index is 615. The van der Waals surface area contributed by atoms with E-state index in [1.807, 2.05) is 0 Å². The molecule has 0 saturated carbocycles. The fourth-order valence-electron chi connectivity index (χ4n) is 3.48. The van der Waals surface area contributed by atoms with Gasteiger partial charge in [-0.3, -0.25) is 0 Å². The highest BCUT2D eigenvalue weighted by molar-refractivity contribution is 7.85. The van der Waals surface area contributed by atoms with Crippen LogP contribution in [0, 0.1) is 0 Å². The lowest BCUT2D eigenvalue weighted by atomic mass is 10.0. The van der Waals surface area contributed by atoms with Gasteiger partial charge in [-0.25, -0.2) is 8.42 Å². The number of hydrogen-bond donors (Lipinski definition) is 0. The second-order valence-electron chi connectivity index (χ2n) is 9.34. The molecule has 0 aromatic heterocycles. The van der Waals surface area contributed by atoms with Crippen molar-refractivity contribution < 1.29 is 17.5 Å². The Morgan fingerprint density at radius 3 is 1.39 bits per heavy atom. The molecule has 1 aromatic carbocycles. The Morgan fingerprint density at radius 2 is 1.06 bits per heavy atom. The first-order valence-corrected chi connectivity index (χ1v) is 14.0. The third-order valence-electron chi connectivity index (χ3n) is 6.00. The molecule has 0 heterocycles. The molecule has 0 saturated heterocycles. The molecule has 0 atom stereocenters. The molecule has 182 valence electrons. The van der Waals surface area contributed by atoms with Crippen LogP contribution in [0.15, 0.2) is 35.2 Å². The first-order valence-electron chi connectivity index (χ1n) is 12.6. The molecule has 0 N–H and O–H groups in total. The van der Waals surface area contributed by atoms with E-state index >= 15 is 0 Å². The van der Waals surface area contributed by atoms with Crippen LogP contribution in [-0.4, -0.2) is 44.6 Å². The molecule has 0 aliphatic carbocycles. The molecule has 0 bridgehead atoms. The Hall–Kier alpha value is -0.910. The van der Waals surface area contributed by atoms with Crippen LogP contribution in [0.1, 0.15) is 104 Å². The Labute approximate surface area is 193 Å². The zero-order chi connectivity index (χ0) is 23.4. The van der Waals surface area contributed by atoms with Gasteiger partial charge in [0.25, 0.3) is 0 Å². The maximum absolute atomic E-state index is 10.3. The molecule has 5 heteroatoms. The molecule has 4 nitrogen and oxygen atoms in total. The van der Waals surface area contributed by atoms with Crippen molar-refractivity contribution in [3.63, 3.8) is 0 Å². The molecule has 0 aliphatic heterocycles. The normalized spacial score (nSPS) is 11.8. The maximum Gasteiger partial charge on any atom is 0.124 e. The van der Waals surface area contributed by atoms with Crippen molar-refractivity contribution in [3.8, 4) is 0 Å². The van der Waals surface area contributed by atoms with Crippen molar-refractivity contribution >= 4 is 10.1 Å². The highest BCUT2D eigenvalue weighted by Gasteiger charge is 2.09. The fraction of sp³-hybridized carbons (Fsp3) is 0.769. The van der Waals surface area contributed by atoms with Crippen LogP contribution in [0.5, 0.6) is 0 Å². The molecule has 0 fully saturated rings. The lowest BCUT2D eigenvalue weighted by molar-refractivity contribution is -0.888. The van der Waals surface area contributed by atoms with Gasteiger partial charge in [0.2, 0.25) is 0 Å². The Morgan fingerprint density at radius 1 is 0.677 bits per heavy atom. The van der Waals surface area contributed by atoms with Crippen molar-refractivity contribution in [2.45, 2.75) is 109 Å². The molecule has 0 amide bonds. The minimum Gasteiger partial charge on any atom is -0.744 e. The third kappa shape index (κ3) is 19.5. The van der Waals surface area contributed by atoms with Crippen LogP contribution >= 0.6 is 0 Å². The summed E-state index contributed by atoms with van der Waals surface area (Å²) in [6.07, 6.45) is 20.4. The minimum atomic E-state index is -4.25. The average molecular weight is 456 g/mol. The first-order chi connectivity index (χ1) is 14.7. The summed E-state index contributed by atoms with van der Waals surface area (Å²) >= 11 is 0. The third-order valence-corrected chi connectivity index (χ3v) is 6.85. The van der Waals surface area contributed by atoms with Gasteiger partial charge in [-0.05, 0) is 31.9 Å². The molecule has 1 aromatic rings.